The van der Waals surface area contributed by atoms with E-state index in [1.165, 1.54) is 57.0 Å². The number of fused-ring (bicyclic) bond motifs is 4. The Morgan fingerprint density at radius 2 is 0.911 bits per heavy atom. The summed E-state index contributed by atoms with van der Waals surface area (Å²) in [6.45, 7) is 24.5. The molecular formula is C38H49ClN2Si4. The van der Waals surface area contributed by atoms with E-state index in [9.17, 15) is 0 Å². The molecule has 7 rings (SSSR count). The van der Waals surface area contributed by atoms with Crippen LogP contribution < -0.4 is 20.7 Å². The first kappa shape index (κ1) is 32.6. The van der Waals surface area contributed by atoms with Gasteiger partial charge in [-0.05, 0) is 48.9 Å². The minimum atomic E-state index is -1.36. The third kappa shape index (κ3) is 6.09. The van der Waals surface area contributed by atoms with Gasteiger partial charge in [-0.1, -0.05) is 150 Å². The molecule has 234 valence electrons. The number of rotatable bonds is 1. The van der Waals surface area contributed by atoms with Gasteiger partial charge in [-0.15, -0.1) is 0 Å². The second-order valence-corrected chi connectivity index (χ2v) is 36.0. The van der Waals surface area contributed by atoms with E-state index in [1.807, 2.05) is 12.4 Å². The van der Waals surface area contributed by atoms with E-state index < -0.39 is 32.3 Å². The minimum absolute atomic E-state index is 0.648. The van der Waals surface area contributed by atoms with Gasteiger partial charge in [0.2, 0.25) is 0 Å². The number of pyridine rings is 2. The first-order valence-corrected chi connectivity index (χ1v) is 29.8. The van der Waals surface area contributed by atoms with Crippen LogP contribution in [0.3, 0.4) is 0 Å². The lowest BCUT2D eigenvalue weighted by Crippen LogP contribution is -2.63. The molecule has 0 fully saturated rings. The molecule has 2 aromatic heterocycles. The van der Waals surface area contributed by atoms with E-state index in [0.29, 0.717) is 5.15 Å². The Balaban J connectivity index is 0.000000167. The molecular weight excluding hydrogens is 632 g/mol. The SMILES string of the molecule is C[Si]1(C)CC[Si](C)(C)c2cc3c(Cl)nccc3cc21.Cc1cc(C)cc(-c2nccc3cc4c(cc23)[Si](C)(C)CC[Si]4(C)C)c1. The summed E-state index contributed by atoms with van der Waals surface area (Å²) in [7, 11) is -5.23. The molecule has 0 radical (unpaired) electrons. The van der Waals surface area contributed by atoms with Crippen molar-refractivity contribution in [3.05, 3.63) is 83.3 Å². The summed E-state index contributed by atoms with van der Waals surface area (Å²) in [5.41, 5.74) is 5.01. The van der Waals surface area contributed by atoms with Crippen molar-refractivity contribution in [1.82, 2.24) is 9.97 Å². The van der Waals surface area contributed by atoms with E-state index in [-0.39, 0.29) is 0 Å². The van der Waals surface area contributed by atoms with Crippen LogP contribution in [0.4, 0.5) is 0 Å². The zero-order valence-electron chi connectivity index (χ0n) is 29.0. The Bertz CT molecular complexity index is 1940. The van der Waals surface area contributed by atoms with Crippen LogP contribution in [0.2, 0.25) is 81.7 Å². The number of hydrogen-bond donors (Lipinski definition) is 0. The van der Waals surface area contributed by atoms with Crippen molar-refractivity contribution in [3.8, 4) is 11.3 Å². The maximum atomic E-state index is 6.28. The van der Waals surface area contributed by atoms with Crippen LogP contribution in [0.1, 0.15) is 11.1 Å². The Hall–Kier alpha value is -2.36. The Morgan fingerprint density at radius 3 is 1.40 bits per heavy atom. The molecule has 0 saturated carbocycles. The van der Waals surface area contributed by atoms with Gasteiger partial charge in [-0.25, -0.2) is 4.98 Å². The van der Waals surface area contributed by atoms with Gasteiger partial charge in [0.05, 0.1) is 38.0 Å². The quantitative estimate of drug-likeness (QED) is 0.130. The predicted molar refractivity (Wildman–Crippen MR) is 211 cm³/mol. The average molecular weight is 682 g/mol. The summed E-state index contributed by atoms with van der Waals surface area (Å²) >= 11 is 6.28. The van der Waals surface area contributed by atoms with Crippen molar-refractivity contribution in [2.45, 2.75) is 90.4 Å². The van der Waals surface area contributed by atoms with Crippen molar-refractivity contribution in [3.63, 3.8) is 0 Å². The molecule has 0 aliphatic carbocycles. The van der Waals surface area contributed by atoms with E-state index in [2.05, 4.69) is 126 Å². The smallest absolute Gasteiger partial charge is 0.136 e. The van der Waals surface area contributed by atoms with Crippen LogP contribution in [-0.4, -0.2) is 42.3 Å². The van der Waals surface area contributed by atoms with Gasteiger partial charge in [0.15, 0.2) is 0 Å². The topological polar surface area (TPSA) is 25.8 Å². The zero-order valence-corrected chi connectivity index (χ0v) is 33.7. The Labute approximate surface area is 279 Å². The highest BCUT2D eigenvalue weighted by Gasteiger charge is 2.41. The third-order valence-corrected chi connectivity index (χ3v) is 26.2. The molecule has 7 heteroatoms. The maximum Gasteiger partial charge on any atom is 0.136 e. The molecule has 2 aliphatic rings. The van der Waals surface area contributed by atoms with Crippen molar-refractivity contribution in [1.29, 1.82) is 0 Å². The van der Waals surface area contributed by atoms with Crippen LogP contribution in [0, 0.1) is 13.8 Å². The van der Waals surface area contributed by atoms with Gasteiger partial charge in [0.1, 0.15) is 5.15 Å². The van der Waals surface area contributed by atoms with Crippen LogP contribution in [0.15, 0.2) is 67.0 Å². The molecule has 2 nitrogen and oxygen atoms in total. The molecule has 4 heterocycles. The number of hydrogen-bond acceptors (Lipinski definition) is 2. The van der Waals surface area contributed by atoms with Crippen LogP contribution in [-0.2, 0) is 0 Å². The molecule has 0 atom stereocenters. The first-order valence-electron chi connectivity index (χ1n) is 16.6. The van der Waals surface area contributed by atoms with Gasteiger partial charge in [-0.2, -0.15) is 0 Å². The highest BCUT2D eigenvalue weighted by atomic mass is 35.5. The maximum absolute atomic E-state index is 6.28. The highest BCUT2D eigenvalue weighted by molar-refractivity contribution is 7.04. The standard InChI is InChI=1S/C23H29NSi2.C15H20ClNSi2/c1-16-11-17(2)13-19(12-16)23-20-15-22-21(14-18(20)7-8-24-23)25(3,4)9-10-26(22,5)6;1-18(2)7-8-19(3,4)14-10-12-11(9-13(14)18)5-6-17-15(12)16/h7-8,11-15H,9-10H2,1-6H3;5-6,9-10H,7-8H2,1-4H3. The molecule has 0 bridgehead atoms. The molecule has 0 N–H and O–H groups in total. The molecule has 3 aromatic carbocycles. The fraction of sp³-hybridized carbons (Fsp3) is 0.368. The zero-order chi connectivity index (χ0) is 32.5. The van der Waals surface area contributed by atoms with E-state index in [0.717, 1.165) is 11.1 Å². The third-order valence-electron chi connectivity index (χ3n) is 10.9. The first-order chi connectivity index (χ1) is 21.0. The largest absolute Gasteiger partial charge is 0.256 e. The van der Waals surface area contributed by atoms with Gasteiger partial charge in [0.25, 0.3) is 0 Å². The Morgan fingerprint density at radius 1 is 0.511 bits per heavy atom. The summed E-state index contributed by atoms with van der Waals surface area (Å²) in [6, 6.07) is 26.6. The van der Waals surface area contributed by atoms with Crippen molar-refractivity contribution < 1.29 is 0 Å². The second kappa shape index (κ2) is 11.4. The molecule has 45 heavy (non-hydrogen) atoms. The summed E-state index contributed by atoms with van der Waals surface area (Å²) < 4.78 is 0. The lowest BCUT2D eigenvalue weighted by Gasteiger charge is -2.40. The fourth-order valence-electron chi connectivity index (χ4n) is 7.78. The van der Waals surface area contributed by atoms with E-state index >= 15 is 0 Å². The van der Waals surface area contributed by atoms with Crippen LogP contribution in [0.25, 0.3) is 32.8 Å². The lowest BCUT2D eigenvalue weighted by atomic mass is 10.0. The van der Waals surface area contributed by atoms with Gasteiger partial charge in [-0.3, -0.25) is 4.98 Å². The molecule has 0 spiro atoms. The average Bonchev–Trinajstić information content (AvgIpc) is 2.97. The van der Waals surface area contributed by atoms with Crippen molar-refractivity contribution in [2.75, 3.05) is 0 Å². The molecule has 0 saturated heterocycles. The summed E-state index contributed by atoms with van der Waals surface area (Å²) in [5, 5.41) is 12.5. The summed E-state index contributed by atoms with van der Waals surface area (Å²) in [5.74, 6) is 0. The molecule has 2 aliphatic heterocycles. The number of nitrogens with zero attached hydrogens (tertiary/aromatic N) is 2. The fourth-order valence-corrected chi connectivity index (χ4v) is 28.5. The summed E-state index contributed by atoms with van der Waals surface area (Å²) in [4.78, 5) is 9.05. The molecule has 0 amide bonds. The second-order valence-electron chi connectivity index (χ2n) is 16.4. The van der Waals surface area contributed by atoms with Gasteiger partial charge in [0, 0.05) is 28.7 Å². The van der Waals surface area contributed by atoms with E-state index in [4.69, 9.17) is 16.6 Å². The predicted octanol–water partition coefficient (Wildman–Crippen LogP) is 9.10. The Kier molecular flexibility index (Phi) is 8.26. The molecule has 5 aromatic rings. The van der Waals surface area contributed by atoms with E-state index in [1.54, 1.807) is 20.7 Å². The minimum Gasteiger partial charge on any atom is -0.256 e. The monoisotopic (exact) mass is 680 g/mol. The van der Waals surface area contributed by atoms with Crippen LogP contribution in [0.5, 0.6) is 0 Å². The number of benzene rings is 3. The highest BCUT2D eigenvalue weighted by Crippen LogP contribution is 2.32. The number of aryl methyl sites for hydroxylation is 2. The van der Waals surface area contributed by atoms with Gasteiger partial charge < -0.3 is 0 Å². The normalized spacial score (nSPS) is 18.9. The molecule has 0 unspecified atom stereocenters. The van der Waals surface area contributed by atoms with Crippen LogP contribution >= 0.6 is 11.6 Å². The van der Waals surface area contributed by atoms with Crippen molar-refractivity contribution in [2.24, 2.45) is 0 Å². The number of halogens is 1. The van der Waals surface area contributed by atoms with Gasteiger partial charge >= 0.3 is 0 Å². The lowest BCUT2D eigenvalue weighted by molar-refractivity contribution is 1.28. The summed E-state index contributed by atoms with van der Waals surface area (Å²) in [6.07, 6.45) is 3.80. The number of aromatic nitrogens is 2. The van der Waals surface area contributed by atoms with Crippen molar-refractivity contribution >= 4 is 86.2 Å².